The fraction of sp³-hybridized carbons (Fsp3) is 1.00. The van der Waals surface area contributed by atoms with E-state index in [2.05, 4.69) is 42.9 Å². The summed E-state index contributed by atoms with van der Waals surface area (Å²) < 4.78 is 0. The molecule has 0 aromatic carbocycles. The largest absolute Gasteiger partial charge is 0.304 e. The molecule has 1 aliphatic rings. The Morgan fingerprint density at radius 3 is 1.91 bits per heavy atom. The molecule has 1 rings (SSSR count). The average Bonchev–Trinajstić information content (AvgIpc) is 1.85. The van der Waals surface area contributed by atoms with Gasteiger partial charge in [-0.3, -0.25) is 9.80 Å². The molecule has 0 atom stereocenters. The van der Waals surface area contributed by atoms with Crippen molar-refractivity contribution in [1.82, 2.24) is 14.7 Å². The predicted octanol–water partition coefficient (Wildman–Crippen LogP) is -0.249. The van der Waals surface area contributed by atoms with Gasteiger partial charge in [0, 0.05) is 19.1 Å². The van der Waals surface area contributed by atoms with E-state index in [1.54, 1.807) is 0 Å². The maximum absolute atomic E-state index is 2.36. The van der Waals surface area contributed by atoms with E-state index in [-0.39, 0.29) is 0 Å². The zero-order chi connectivity index (χ0) is 8.43. The Balaban J connectivity index is 2.43. The van der Waals surface area contributed by atoms with E-state index in [9.17, 15) is 0 Å². The molecule has 0 aromatic heterocycles. The van der Waals surface area contributed by atoms with Crippen LogP contribution in [0.25, 0.3) is 0 Å². The van der Waals surface area contributed by atoms with Crippen LogP contribution in [-0.2, 0) is 0 Å². The highest BCUT2D eigenvalue weighted by atomic mass is 15.3. The summed E-state index contributed by atoms with van der Waals surface area (Å²) in [6.07, 6.45) is 0. The molecule has 11 heavy (non-hydrogen) atoms. The van der Waals surface area contributed by atoms with Gasteiger partial charge in [-0.05, 0) is 28.2 Å². The van der Waals surface area contributed by atoms with Crippen molar-refractivity contribution in [2.75, 3.05) is 47.9 Å². The van der Waals surface area contributed by atoms with Gasteiger partial charge in [-0.2, -0.15) is 0 Å². The van der Waals surface area contributed by atoms with Gasteiger partial charge < -0.3 is 4.90 Å². The third-order valence-electron chi connectivity index (χ3n) is 2.26. The standard InChI is InChI=1S/C8H19N3/c1-9(2)8-5-10(3)7-11(4)6-8/h8H,5-7H2,1-4H3. The van der Waals surface area contributed by atoms with Crippen molar-refractivity contribution in [2.24, 2.45) is 0 Å². The Morgan fingerprint density at radius 2 is 1.55 bits per heavy atom. The lowest BCUT2D eigenvalue weighted by Crippen LogP contribution is -2.53. The van der Waals surface area contributed by atoms with E-state index in [0.29, 0.717) is 6.04 Å². The van der Waals surface area contributed by atoms with Gasteiger partial charge in [0.15, 0.2) is 0 Å². The molecule has 0 spiro atoms. The van der Waals surface area contributed by atoms with Crippen LogP contribution in [0.15, 0.2) is 0 Å². The molecule has 0 unspecified atom stereocenters. The van der Waals surface area contributed by atoms with Gasteiger partial charge in [-0.1, -0.05) is 0 Å². The van der Waals surface area contributed by atoms with E-state index in [1.165, 1.54) is 13.1 Å². The van der Waals surface area contributed by atoms with Gasteiger partial charge in [-0.25, -0.2) is 0 Å². The molecule has 0 N–H and O–H groups in total. The molecular weight excluding hydrogens is 138 g/mol. The highest BCUT2D eigenvalue weighted by molar-refractivity contribution is 4.77. The van der Waals surface area contributed by atoms with E-state index in [0.717, 1.165) is 6.67 Å². The van der Waals surface area contributed by atoms with Crippen molar-refractivity contribution in [3.05, 3.63) is 0 Å². The molecule has 3 heteroatoms. The molecule has 0 radical (unpaired) electrons. The number of nitrogens with zero attached hydrogens (tertiary/aromatic N) is 3. The first-order valence-electron chi connectivity index (χ1n) is 4.13. The Labute approximate surface area is 69.6 Å². The van der Waals surface area contributed by atoms with Crippen LogP contribution in [0, 0.1) is 0 Å². The second-order valence-corrected chi connectivity index (χ2v) is 3.84. The normalized spacial score (nSPS) is 24.8. The molecule has 0 aliphatic carbocycles. The van der Waals surface area contributed by atoms with Crippen LogP contribution in [0.3, 0.4) is 0 Å². The van der Waals surface area contributed by atoms with Crippen molar-refractivity contribution < 1.29 is 0 Å². The summed E-state index contributed by atoms with van der Waals surface area (Å²) in [7, 11) is 8.65. The lowest BCUT2D eigenvalue weighted by molar-refractivity contribution is 0.0642. The summed E-state index contributed by atoms with van der Waals surface area (Å²) in [5.41, 5.74) is 0. The molecule has 3 nitrogen and oxygen atoms in total. The van der Waals surface area contributed by atoms with E-state index >= 15 is 0 Å². The topological polar surface area (TPSA) is 9.72 Å². The highest BCUT2D eigenvalue weighted by Crippen LogP contribution is 2.05. The quantitative estimate of drug-likeness (QED) is 0.520. The lowest BCUT2D eigenvalue weighted by Gasteiger charge is -2.39. The fourth-order valence-electron chi connectivity index (χ4n) is 1.63. The van der Waals surface area contributed by atoms with Gasteiger partial charge in [0.2, 0.25) is 0 Å². The van der Waals surface area contributed by atoms with E-state index in [1.807, 2.05) is 0 Å². The summed E-state index contributed by atoms with van der Waals surface area (Å²) in [5, 5.41) is 0. The monoisotopic (exact) mass is 157 g/mol. The zero-order valence-electron chi connectivity index (χ0n) is 8.04. The smallest absolute Gasteiger partial charge is 0.0501 e. The Bertz CT molecular complexity index is 115. The van der Waals surface area contributed by atoms with Gasteiger partial charge in [0.1, 0.15) is 0 Å². The maximum Gasteiger partial charge on any atom is 0.0501 e. The second-order valence-electron chi connectivity index (χ2n) is 3.84. The third kappa shape index (κ3) is 2.43. The van der Waals surface area contributed by atoms with Crippen LogP contribution in [0.2, 0.25) is 0 Å². The molecule has 66 valence electrons. The molecule has 1 aliphatic heterocycles. The lowest BCUT2D eigenvalue weighted by atomic mass is 10.2. The van der Waals surface area contributed by atoms with E-state index in [4.69, 9.17) is 0 Å². The Kier molecular flexibility index (Phi) is 2.87. The van der Waals surface area contributed by atoms with Gasteiger partial charge in [0.25, 0.3) is 0 Å². The first-order valence-corrected chi connectivity index (χ1v) is 4.13. The number of hydrogen-bond acceptors (Lipinski definition) is 3. The molecule has 0 bridgehead atoms. The van der Waals surface area contributed by atoms with Crippen LogP contribution >= 0.6 is 0 Å². The summed E-state index contributed by atoms with van der Waals surface area (Å²) in [6.45, 7) is 3.49. The average molecular weight is 157 g/mol. The highest BCUT2D eigenvalue weighted by Gasteiger charge is 2.21. The molecular formula is C8H19N3. The van der Waals surface area contributed by atoms with Crippen molar-refractivity contribution in [3.8, 4) is 0 Å². The minimum Gasteiger partial charge on any atom is -0.304 e. The first-order chi connectivity index (χ1) is 5.09. The van der Waals surface area contributed by atoms with Crippen LogP contribution < -0.4 is 0 Å². The van der Waals surface area contributed by atoms with E-state index < -0.39 is 0 Å². The maximum atomic E-state index is 2.36. The predicted molar refractivity (Wildman–Crippen MR) is 47.6 cm³/mol. The summed E-state index contributed by atoms with van der Waals surface area (Å²) >= 11 is 0. The molecule has 1 heterocycles. The van der Waals surface area contributed by atoms with Crippen LogP contribution in [0.1, 0.15) is 0 Å². The summed E-state index contributed by atoms with van der Waals surface area (Å²) in [4.78, 5) is 7.01. The number of hydrogen-bond donors (Lipinski definition) is 0. The number of rotatable bonds is 1. The van der Waals surface area contributed by atoms with Crippen molar-refractivity contribution in [2.45, 2.75) is 6.04 Å². The fourth-order valence-corrected chi connectivity index (χ4v) is 1.63. The molecule has 1 fully saturated rings. The van der Waals surface area contributed by atoms with Crippen LogP contribution in [0.4, 0.5) is 0 Å². The summed E-state index contributed by atoms with van der Waals surface area (Å²) in [6, 6.07) is 0.693. The SMILES string of the molecule is CN1CC(N(C)C)CN(C)C1. The molecule has 0 saturated carbocycles. The Morgan fingerprint density at radius 1 is 1.09 bits per heavy atom. The minimum atomic E-state index is 0.693. The third-order valence-corrected chi connectivity index (χ3v) is 2.26. The first kappa shape index (κ1) is 8.97. The van der Waals surface area contributed by atoms with Crippen molar-refractivity contribution in [3.63, 3.8) is 0 Å². The van der Waals surface area contributed by atoms with Gasteiger partial charge >= 0.3 is 0 Å². The van der Waals surface area contributed by atoms with Crippen molar-refractivity contribution >= 4 is 0 Å². The molecule has 0 aromatic rings. The Hall–Kier alpha value is -0.120. The zero-order valence-corrected chi connectivity index (χ0v) is 8.04. The minimum absolute atomic E-state index is 0.693. The second kappa shape index (κ2) is 3.52. The summed E-state index contributed by atoms with van der Waals surface area (Å²) in [5.74, 6) is 0. The number of likely N-dealkylation sites (N-methyl/N-ethyl adjacent to an activating group) is 3. The van der Waals surface area contributed by atoms with Crippen LogP contribution in [0.5, 0.6) is 0 Å². The van der Waals surface area contributed by atoms with Gasteiger partial charge in [-0.15, -0.1) is 0 Å². The molecule has 0 amide bonds. The van der Waals surface area contributed by atoms with Gasteiger partial charge in [0.05, 0.1) is 6.67 Å². The van der Waals surface area contributed by atoms with Crippen LogP contribution in [-0.4, -0.2) is 68.7 Å². The molecule has 1 saturated heterocycles. The van der Waals surface area contributed by atoms with Crippen molar-refractivity contribution in [1.29, 1.82) is 0 Å².